The summed E-state index contributed by atoms with van der Waals surface area (Å²) in [5, 5.41) is 0. The molecule has 1 aromatic carbocycles. The number of carbonyl (C=O) groups is 1. The molecule has 2 aromatic heterocycles. The lowest BCUT2D eigenvalue weighted by atomic mass is 10.1. The number of amides is 1. The van der Waals surface area contributed by atoms with Gasteiger partial charge in [0.05, 0.1) is 11.3 Å². The summed E-state index contributed by atoms with van der Waals surface area (Å²) in [5.41, 5.74) is 5.54. The summed E-state index contributed by atoms with van der Waals surface area (Å²) in [4.78, 5) is 15.2. The molecule has 118 valence electrons. The predicted molar refractivity (Wildman–Crippen MR) is 75.8 cm³/mol. The molecule has 0 radical (unpaired) electrons. The number of aromatic nitrogens is 2. The summed E-state index contributed by atoms with van der Waals surface area (Å²) in [5.74, 6) is 0.165. The van der Waals surface area contributed by atoms with Gasteiger partial charge in [-0.1, -0.05) is 12.1 Å². The first-order valence-electron chi connectivity index (χ1n) is 6.47. The molecule has 0 unspecified atom stereocenters. The average Bonchev–Trinajstić information content (AvgIpc) is 2.91. The van der Waals surface area contributed by atoms with Gasteiger partial charge >= 0.3 is 12.3 Å². The van der Waals surface area contributed by atoms with Gasteiger partial charge in [-0.05, 0) is 24.3 Å². The first kappa shape index (κ1) is 14.9. The van der Waals surface area contributed by atoms with Crippen LogP contribution in [0.15, 0.2) is 48.8 Å². The van der Waals surface area contributed by atoms with Gasteiger partial charge in [0.1, 0.15) is 0 Å². The Hall–Kier alpha value is -3.03. The van der Waals surface area contributed by atoms with E-state index >= 15 is 0 Å². The quantitative estimate of drug-likeness (QED) is 0.785. The smallest absolute Gasteiger partial charge is 0.406 e. The highest BCUT2D eigenvalue weighted by atomic mass is 19.4. The number of hydrogen-bond acceptors (Lipinski definition) is 3. The van der Waals surface area contributed by atoms with Gasteiger partial charge in [0.15, 0.2) is 11.4 Å². The second-order valence-electron chi connectivity index (χ2n) is 4.73. The van der Waals surface area contributed by atoms with Crippen LogP contribution in [0.1, 0.15) is 5.56 Å². The number of benzene rings is 1. The van der Waals surface area contributed by atoms with Crippen LogP contribution >= 0.6 is 0 Å². The van der Waals surface area contributed by atoms with E-state index in [0.717, 1.165) is 12.1 Å². The van der Waals surface area contributed by atoms with Gasteiger partial charge in [-0.3, -0.25) is 0 Å². The Labute approximate surface area is 128 Å². The van der Waals surface area contributed by atoms with Gasteiger partial charge in [-0.2, -0.15) is 13.2 Å². The van der Waals surface area contributed by atoms with Crippen LogP contribution in [0.2, 0.25) is 0 Å². The lowest BCUT2D eigenvalue weighted by Crippen LogP contribution is -2.16. The highest BCUT2D eigenvalue weighted by molar-refractivity contribution is 5.73. The lowest BCUT2D eigenvalue weighted by molar-refractivity contribution is -0.137. The first-order chi connectivity index (χ1) is 10.8. The second-order valence-corrected chi connectivity index (χ2v) is 4.73. The average molecular weight is 321 g/mol. The molecule has 0 saturated carbocycles. The first-order valence-corrected chi connectivity index (χ1v) is 6.47. The van der Waals surface area contributed by atoms with Gasteiger partial charge in [0.2, 0.25) is 0 Å². The maximum Gasteiger partial charge on any atom is 0.416 e. The zero-order chi connectivity index (χ0) is 16.6. The number of ether oxygens (including phenoxy) is 1. The van der Waals surface area contributed by atoms with Crippen molar-refractivity contribution in [1.29, 1.82) is 0 Å². The van der Waals surface area contributed by atoms with Gasteiger partial charge in [0.25, 0.3) is 0 Å². The van der Waals surface area contributed by atoms with E-state index in [2.05, 4.69) is 4.98 Å². The molecular weight excluding hydrogens is 311 g/mol. The summed E-state index contributed by atoms with van der Waals surface area (Å²) in [6.07, 6.45) is -2.08. The molecule has 5 nitrogen and oxygen atoms in total. The molecule has 0 atom stereocenters. The Bertz CT molecular complexity index is 870. The molecule has 0 bridgehead atoms. The van der Waals surface area contributed by atoms with Crippen molar-refractivity contribution in [1.82, 2.24) is 9.38 Å². The number of alkyl halides is 3. The molecule has 23 heavy (non-hydrogen) atoms. The Balaban J connectivity index is 2.02. The third-order valence-corrected chi connectivity index (χ3v) is 3.17. The number of nitrogens with two attached hydrogens (primary N) is 1. The molecule has 2 heterocycles. The molecule has 0 aliphatic carbocycles. The maximum absolute atomic E-state index is 12.6. The minimum atomic E-state index is -4.39. The largest absolute Gasteiger partial charge is 0.416 e. The standard InChI is InChI=1S/C15H10F3N3O2/c16-15(17,18)10-5-3-9(4-6-10)11-8-21-7-1-2-12(13(21)20-11)23-14(19)22/h1-8H,(H2,19,22). The topological polar surface area (TPSA) is 69.6 Å². The van der Waals surface area contributed by atoms with Crippen molar-refractivity contribution in [2.75, 3.05) is 0 Å². The Morgan fingerprint density at radius 3 is 2.48 bits per heavy atom. The van der Waals surface area contributed by atoms with E-state index in [1.807, 2.05) is 0 Å². The Morgan fingerprint density at radius 2 is 1.87 bits per heavy atom. The minimum Gasteiger partial charge on any atom is -0.406 e. The highest BCUT2D eigenvalue weighted by Gasteiger charge is 2.30. The van der Waals surface area contributed by atoms with Crippen molar-refractivity contribution in [3.05, 3.63) is 54.4 Å². The third-order valence-electron chi connectivity index (χ3n) is 3.17. The molecule has 0 spiro atoms. The summed E-state index contributed by atoms with van der Waals surface area (Å²) < 4.78 is 44.2. The van der Waals surface area contributed by atoms with Crippen LogP contribution in [0.5, 0.6) is 5.75 Å². The summed E-state index contributed by atoms with van der Waals surface area (Å²) in [6, 6.07) is 7.78. The van der Waals surface area contributed by atoms with Crippen LogP contribution < -0.4 is 10.5 Å². The van der Waals surface area contributed by atoms with Crippen LogP contribution in [0.25, 0.3) is 16.9 Å². The fraction of sp³-hybridized carbons (Fsp3) is 0.0667. The minimum absolute atomic E-state index is 0.165. The van der Waals surface area contributed by atoms with Crippen molar-refractivity contribution in [3.63, 3.8) is 0 Å². The van der Waals surface area contributed by atoms with Crippen LogP contribution in [0.4, 0.5) is 18.0 Å². The van der Waals surface area contributed by atoms with Crippen LogP contribution in [0, 0.1) is 0 Å². The number of nitrogens with zero attached hydrogens (tertiary/aromatic N) is 2. The van der Waals surface area contributed by atoms with E-state index in [-0.39, 0.29) is 5.75 Å². The zero-order valence-corrected chi connectivity index (χ0v) is 11.5. The van der Waals surface area contributed by atoms with Crippen LogP contribution in [0.3, 0.4) is 0 Å². The molecule has 1 amide bonds. The van der Waals surface area contributed by atoms with Gasteiger partial charge in [0, 0.05) is 18.0 Å². The van der Waals surface area contributed by atoms with Gasteiger partial charge in [-0.15, -0.1) is 0 Å². The normalized spacial score (nSPS) is 11.6. The molecule has 2 N–H and O–H groups in total. The van der Waals surface area contributed by atoms with Gasteiger partial charge in [-0.25, -0.2) is 9.78 Å². The fourth-order valence-corrected chi connectivity index (χ4v) is 2.14. The molecular formula is C15H10F3N3O2. The highest BCUT2D eigenvalue weighted by Crippen LogP contribution is 2.31. The summed E-state index contributed by atoms with van der Waals surface area (Å²) in [7, 11) is 0. The zero-order valence-electron chi connectivity index (χ0n) is 11.5. The Morgan fingerprint density at radius 1 is 1.17 bits per heavy atom. The van der Waals surface area contributed by atoms with E-state index in [9.17, 15) is 18.0 Å². The molecule has 0 aliphatic heterocycles. The number of halogens is 3. The number of pyridine rings is 1. The number of hydrogen-bond donors (Lipinski definition) is 1. The monoisotopic (exact) mass is 321 g/mol. The number of carbonyl (C=O) groups excluding carboxylic acids is 1. The fourth-order valence-electron chi connectivity index (χ4n) is 2.14. The number of imidazole rings is 1. The molecule has 3 rings (SSSR count). The summed E-state index contributed by atoms with van der Waals surface area (Å²) >= 11 is 0. The Kier molecular flexibility index (Phi) is 3.44. The van der Waals surface area contributed by atoms with Crippen molar-refractivity contribution in [3.8, 4) is 17.0 Å². The van der Waals surface area contributed by atoms with E-state index < -0.39 is 17.8 Å². The van der Waals surface area contributed by atoms with Crippen LogP contribution in [-0.4, -0.2) is 15.5 Å². The molecule has 8 heteroatoms. The maximum atomic E-state index is 12.6. The third kappa shape index (κ3) is 2.96. The molecule has 3 aromatic rings. The molecule has 0 aliphatic rings. The van der Waals surface area contributed by atoms with E-state index in [1.54, 1.807) is 22.9 Å². The van der Waals surface area contributed by atoms with Crippen molar-refractivity contribution in [2.45, 2.75) is 6.18 Å². The number of primary amides is 1. The lowest BCUT2D eigenvalue weighted by Gasteiger charge is -2.06. The number of fused-ring (bicyclic) bond motifs is 1. The van der Waals surface area contributed by atoms with Gasteiger partial charge < -0.3 is 14.9 Å². The van der Waals surface area contributed by atoms with E-state index in [1.165, 1.54) is 18.2 Å². The molecule has 0 fully saturated rings. The van der Waals surface area contributed by atoms with E-state index in [0.29, 0.717) is 16.9 Å². The summed E-state index contributed by atoms with van der Waals surface area (Å²) in [6.45, 7) is 0. The predicted octanol–water partition coefficient (Wildman–Crippen LogP) is 3.48. The van der Waals surface area contributed by atoms with Crippen molar-refractivity contribution >= 4 is 11.7 Å². The van der Waals surface area contributed by atoms with E-state index in [4.69, 9.17) is 10.5 Å². The SMILES string of the molecule is NC(=O)Oc1cccn2cc(-c3ccc(C(F)(F)F)cc3)nc12. The molecule has 0 saturated heterocycles. The van der Waals surface area contributed by atoms with Crippen molar-refractivity contribution in [2.24, 2.45) is 5.73 Å². The second kappa shape index (κ2) is 5.31. The van der Waals surface area contributed by atoms with Crippen LogP contribution in [-0.2, 0) is 6.18 Å². The van der Waals surface area contributed by atoms with Crippen molar-refractivity contribution < 1.29 is 22.7 Å². The number of rotatable bonds is 2.